The fourth-order valence-electron chi connectivity index (χ4n) is 1.84. The van der Waals surface area contributed by atoms with Crippen LogP contribution in [-0.2, 0) is 14.8 Å². The molecule has 114 valence electrons. The van der Waals surface area contributed by atoms with Gasteiger partial charge in [0, 0.05) is 20.2 Å². The van der Waals surface area contributed by atoms with Crippen molar-refractivity contribution in [2.45, 2.75) is 17.7 Å². The highest BCUT2D eigenvalue weighted by Gasteiger charge is 2.26. The van der Waals surface area contributed by atoms with Gasteiger partial charge in [-0.3, -0.25) is 0 Å². The molecule has 0 saturated heterocycles. The van der Waals surface area contributed by atoms with Crippen LogP contribution in [-0.4, -0.2) is 39.5 Å². The van der Waals surface area contributed by atoms with Gasteiger partial charge >= 0.3 is 0 Å². The lowest BCUT2D eigenvalue weighted by atomic mass is 10.2. The number of nitriles is 1. The van der Waals surface area contributed by atoms with Crippen LogP contribution in [0.1, 0.15) is 18.4 Å². The second-order valence-electron chi connectivity index (χ2n) is 5.07. The Labute approximate surface area is 124 Å². The molecule has 0 radical (unpaired) electrons. The summed E-state index contributed by atoms with van der Waals surface area (Å²) in [6.07, 6.45) is 2.34. The lowest BCUT2D eigenvalue weighted by molar-refractivity contribution is 0.117. The van der Waals surface area contributed by atoms with Gasteiger partial charge in [-0.05, 0) is 30.9 Å². The maximum absolute atomic E-state index is 13.5. The monoisotopic (exact) mass is 312 g/mol. The van der Waals surface area contributed by atoms with Crippen LogP contribution in [0.5, 0.6) is 0 Å². The maximum Gasteiger partial charge on any atom is 0.244 e. The van der Waals surface area contributed by atoms with Gasteiger partial charge in [0.15, 0.2) is 0 Å². The summed E-state index contributed by atoms with van der Waals surface area (Å²) in [5.74, 6) is -0.225. The highest BCUT2D eigenvalue weighted by atomic mass is 32.2. The smallest absolute Gasteiger partial charge is 0.244 e. The fourth-order valence-corrected chi connectivity index (χ4v) is 3.15. The molecule has 0 atom stereocenters. The minimum Gasteiger partial charge on any atom is -0.380 e. The van der Waals surface area contributed by atoms with Gasteiger partial charge in [0.05, 0.1) is 6.61 Å². The first kappa shape index (κ1) is 15.9. The van der Waals surface area contributed by atoms with Crippen molar-refractivity contribution in [3.63, 3.8) is 0 Å². The molecule has 0 aliphatic heterocycles. The number of sulfonamides is 1. The zero-order valence-electron chi connectivity index (χ0n) is 11.8. The predicted molar refractivity (Wildman–Crippen MR) is 74.5 cm³/mol. The van der Waals surface area contributed by atoms with Gasteiger partial charge in [0.2, 0.25) is 10.0 Å². The first-order valence-electron chi connectivity index (χ1n) is 6.69. The van der Waals surface area contributed by atoms with E-state index in [0.717, 1.165) is 10.4 Å². The number of rotatable bonds is 7. The van der Waals surface area contributed by atoms with Gasteiger partial charge in [0.1, 0.15) is 22.3 Å². The lowest BCUT2D eigenvalue weighted by Gasteiger charge is -2.18. The van der Waals surface area contributed by atoms with E-state index in [1.165, 1.54) is 32.0 Å². The van der Waals surface area contributed by atoms with Crippen LogP contribution in [0.25, 0.3) is 0 Å². The highest BCUT2D eigenvalue weighted by molar-refractivity contribution is 7.89. The minimum absolute atomic E-state index is 0.163. The minimum atomic E-state index is -3.90. The molecule has 0 aromatic heterocycles. The van der Waals surface area contributed by atoms with Gasteiger partial charge in [0.25, 0.3) is 0 Å². The van der Waals surface area contributed by atoms with E-state index >= 15 is 0 Å². The third-order valence-electron chi connectivity index (χ3n) is 3.38. The summed E-state index contributed by atoms with van der Waals surface area (Å²) in [5, 5.41) is 8.93. The average Bonchev–Trinajstić information content (AvgIpc) is 3.27. The van der Waals surface area contributed by atoms with Crippen LogP contribution in [0.3, 0.4) is 0 Å². The average molecular weight is 312 g/mol. The molecule has 1 aliphatic rings. The first-order chi connectivity index (χ1) is 9.96. The third kappa shape index (κ3) is 3.79. The Morgan fingerprint density at radius 2 is 2.19 bits per heavy atom. The van der Waals surface area contributed by atoms with Crippen molar-refractivity contribution in [3.05, 3.63) is 29.6 Å². The number of hydrogen-bond donors (Lipinski definition) is 0. The van der Waals surface area contributed by atoms with Crippen LogP contribution in [0.2, 0.25) is 0 Å². The van der Waals surface area contributed by atoms with E-state index in [4.69, 9.17) is 10.00 Å². The quantitative estimate of drug-likeness (QED) is 0.719. The maximum atomic E-state index is 13.5. The van der Waals surface area contributed by atoms with Crippen LogP contribution in [0.15, 0.2) is 23.1 Å². The number of ether oxygens (including phenoxy) is 1. The molecule has 2 rings (SSSR count). The summed E-state index contributed by atoms with van der Waals surface area (Å²) in [7, 11) is -2.51. The van der Waals surface area contributed by atoms with Crippen molar-refractivity contribution >= 4 is 10.0 Å². The molecule has 0 bridgehead atoms. The lowest BCUT2D eigenvalue weighted by Crippen LogP contribution is -2.31. The van der Waals surface area contributed by atoms with E-state index in [1.807, 2.05) is 0 Å². The summed E-state index contributed by atoms with van der Waals surface area (Å²) >= 11 is 0. The van der Waals surface area contributed by atoms with Gasteiger partial charge in [-0.25, -0.2) is 12.8 Å². The van der Waals surface area contributed by atoms with Crippen molar-refractivity contribution in [3.8, 4) is 6.07 Å². The molecule has 0 amide bonds. The first-order valence-corrected chi connectivity index (χ1v) is 8.13. The molecule has 1 saturated carbocycles. The standard InChI is InChI=1S/C14H17FN2O3S/c1-17(7-8-20-10-11-5-6-11)21(18,19)14-4-2-3-13(15)12(14)9-16/h2-4,11H,5-8,10H2,1H3. The second-order valence-corrected chi connectivity index (χ2v) is 7.08. The van der Waals surface area contributed by atoms with E-state index in [1.54, 1.807) is 6.07 Å². The van der Waals surface area contributed by atoms with Crippen LogP contribution < -0.4 is 0 Å². The van der Waals surface area contributed by atoms with Crippen molar-refractivity contribution < 1.29 is 17.5 Å². The Bertz CT molecular complexity index is 651. The van der Waals surface area contributed by atoms with Gasteiger partial charge < -0.3 is 4.74 Å². The van der Waals surface area contributed by atoms with Gasteiger partial charge in [-0.2, -0.15) is 9.57 Å². The molecular formula is C14H17FN2O3S. The Kier molecular flexibility index (Phi) is 4.93. The molecule has 7 heteroatoms. The molecule has 1 aromatic carbocycles. The van der Waals surface area contributed by atoms with E-state index in [0.29, 0.717) is 12.5 Å². The molecule has 0 spiro atoms. The van der Waals surface area contributed by atoms with E-state index in [9.17, 15) is 12.8 Å². The van der Waals surface area contributed by atoms with Gasteiger partial charge in [-0.15, -0.1) is 0 Å². The van der Waals surface area contributed by atoms with Gasteiger partial charge in [-0.1, -0.05) is 6.07 Å². The highest BCUT2D eigenvalue weighted by Crippen LogP contribution is 2.28. The molecule has 0 unspecified atom stereocenters. The molecule has 5 nitrogen and oxygen atoms in total. The zero-order valence-corrected chi connectivity index (χ0v) is 12.6. The largest absolute Gasteiger partial charge is 0.380 e. The number of nitrogens with zero attached hydrogens (tertiary/aromatic N) is 2. The fraction of sp³-hybridized carbons (Fsp3) is 0.500. The van der Waals surface area contributed by atoms with Crippen LogP contribution >= 0.6 is 0 Å². The molecule has 1 fully saturated rings. The van der Waals surface area contributed by atoms with E-state index in [2.05, 4.69) is 0 Å². The Balaban J connectivity index is 2.06. The van der Waals surface area contributed by atoms with Crippen LogP contribution in [0.4, 0.5) is 4.39 Å². The summed E-state index contributed by atoms with van der Waals surface area (Å²) in [6, 6.07) is 5.18. The summed E-state index contributed by atoms with van der Waals surface area (Å²) in [4.78, 5) is -0.310. The Hall–Kier alpha value is -1.49. The summed E-state index contributed by atoms with van der Waals surface area (Å²) in [5.41, 5.74) is -0.455. The zero-order chi connectivity index (χ0) is 15.5. The normalized spacial score (nSPS) is 15.1. The summed E-state index contributed by atoms with van der Waals surface area (Å²) < 4.78 is 44.7. The SMILES string of the molecule is CN(CCOCC1CC1)S(=O)(=O)c1cccc(F)c1C#N. The van der Waals surface area contributed by atoms with Crippen molar-refractivity contribution in [2.75, 3.05) is 26.8 Å². The third-order valence-corrected chi connectivity index (χ3v) is 5.28. The second kappa shape index (κ2) is 6.52. The Morgan fingerprint density at radius 3 is 2.81 bits per heavy atom. The summed E-state index contributed by atoms with van der Waals surface area (Å²) in [6.45, 7) is 1.09. The molecule has 0 heterocycles. The van der Waals surface area contributed by atoms with Crippen molar-refractivity contribution in [2.24, 2.45) is 5.92 Å². The number of halogens is 1. The molecule has 21 heavy (non-hydrogen) atoms. The van der Waals surface area contributed by atoms with Crippen molar-refractivity contribution in [1.82, 2.24) is 4.31 Å². The molecular weight excluding hydrogens is 295 g/mol. The van der Waals surface area contributed by atoms with Crippen molar-refractivity contribution in [1.29, 1.82) is 5.26 Å². The van der Waals surface area contributed by atoms with E-state index < -0.39 is 21.4 Å². The predicted octanol–water partition coefficient (Wildman–Crippen LogP) is 1.74. The number of likely N-dealkylation sites (N-methyl/N-ethyl adjacent to an activating group) is 1. The number of benzene rings is 1. The topological polar surface area (TPSA) is 70.4 Å². The molecule has 1 aromatic rings. The van der Waals surface area contributed by atoms with Crippen LogP contribution in [0, 0.1) is 23.1 Å². The van der Waals surface area contributed by atoms with E-state index in [-0.39, 0.29) is 18.0 Å². The Morgan fingerprint density at radius 1 is 1.48 bits per heavy atom. The molecule has 1 aliphatic carbocycles. The number of hydrogen-bond acceptors (Lipinski definition) is 4. The molecule has 0 N–H and O–H groups in total.